The fourth-order valence-corrected chi connectivity index (χ4v) is 2.73. The molecule has 2 rings (SSSR count). The molecular formula is C16H25N3O. The van der Waals surface area contributed by atoms with Crippen molar-refractivity contribution in [3.8, 4) is 0 Å². The number of carbonyl (C=O) groups excluding carboxylic acids is 1. The van der Waals surface area contributed by atoms with Gasteiger partial charge in [-0.1, -0.05) is 19.9 Å². The summed E-state index contributed by atoms with van der Waals surface area (Å²) in [6.07, 6.45) is 1.04. The van der Waals surface area contributed by atoms with Crippen molar-refractivity contribution in [1.29, 1.82) is 0 Å². The summed E-state index contributed by atoms with van der Waals surface area (Å²) in [5.74, 6) is 0.773. The fourth-order valence-electron chi connectivity index (χ4n) is 2.73. The lowest BCUT2D eigenvalue weighted by atomic mass is 10.1. The van der Waals surface area contributed by atoms with E-state index in [1.54, 1.807) is 6.07 Å². The molecule has 1 amide bonds. The molecule has 110 valence electrons. The standard InChI is InChI=1S/C16H25N3O/c1-13(2)12-18-7-4-8-19(10-9-18)16(20)14-5-3-6-15(17)11-14/h3,5-6,11,13H,4,7-10,12,17H2,1-2H3. The zero-order valence-corrected chi connectivity index (χ0v) is 12.5. The van der Waals surface area contributed by atoms with Crippen molar-refractivity contribution in [3.05, 3.63) is 29.8 Å². The van der Waals surface area contributed by atoms with Crippen LogP contribution in [0.3, 0.4) is 0 Å². The summed E-state index contributed by atoms with van der Waals surface area (Å²) in [7, 11) is 0. The number of hydrogen-bond acceptors (Lipinski definition) is 3. The highest BCUT2D eigenvalue weighted by Gasteiger charge is 2.20. The Kier molecular flexibility index (Phi) is 5.01. The number of amides is 1. The van der Waals surface area contributed by atoms with Crippen LogP contribution in [0, 0.1) is 5.92 Å². The summed E-state index contributed by atoms with van der Waals surface area (Å²) in [5.41, 5.74) is 7.10. The maximum Gasteiger partial charge on any atom is 0.253 e. The van der Waals surface area contributed by atoms with Gasteiger partial charge in [-0.05, 0) is 37.1 Å². The van der Waals surface area contributed by atoms with Crippen molar-refractivity contribution in [2.24, 2.45) is 5.92 Å². The van der Waals surface area contributed by atoms with Gasteiger partial charge in [-0.25, -0.2) is 0 Å². The van der Waals surface area contributed by atoms with E-state index < -0.39 is 0 Å². The molecule has 1 fully saturated rings. The minimum Gasteiger partial charge on any atom is -0.399 e. The van der Waals surface area contributed by atoms with Crippen molar-refractivity contribution in [2.75, 3.05) is 38.5 Å². The molecule has 1 aromatic carbocycles. The topological polar surface area (TPSA) is 49.6 Å². The quantitative estimate of drug-likeness (QED) is 0.859. The molecule has 20 heavy (non-hydrogen) atoms. The van der Waals surface area contributed by atoms with Gasteiger partial charge in [0, 0.05) is 37.4 Å². The minimum atomic E-state index is 0.101. The molecule has 1 aromatic rings. The van der Waals surface area contributed by atoms with E-state index in [1.807, 2.05) is 23.1 Å². The van der Waals surface area contributed by atoms with E-state index in [0.29, 0.717) is 17.2 Å². The van der Waals surface area contributed by atoms with E-state index in [9.17, 15) is 4.79 Å². The summed E-state index contributed by atoms with van der Waals surface area (Å²) in [5, 5.41) is 0. The van der Waals surface area contributed by atoms with Crippen molar-refractivity contribution >= 4 is 11.6 Å². The van der Waals surface area contributed by atoms with Gasteiger partial charge in [-0.3, -0.25) is 4.79 Å². The van der Waals surface area contributed by atoms with Gasteiger partial charge in [-0.15, -0.1) is 0 Å². The van der Waals surface area contributed by atoms with Crippen LogP contribution >= 0.6 is 0 Å². The summed E-state index contributed by atoms with van der Waals surface area (Å²) in [6.45, 7) is 9.27. The van der Waals surface area contributed by atoms with Crippen LogP contribution in [-0.4, -0.2) is 48.4 Å². The molecular weight excluding hydrogens is 250 g/mol. The van der Waals surface area contributed by atoms with Crippen molar-refractivity contribution in [1.82, 2.24) is 9.80 Å². The lowest BCUT2D eigenvalue weighted by Crippen LogP contribution is -2.36. The molecule has 0 spiro atoms. The Bertz CT molecular complexity index is 459. The predicted molar refractivity (Wildman–Crippen MR) is 82.7 cm³/mol. The van der Waals surface area contributed by atoms with Gasteiger partial charge < -0.3 is 15.5 Å². The largest absolute Gasteiger partial charge is 0.399 e. The number of nitrogens with zero attached hydrogens (tertiary/aromatic N) is 2. The highest BCUT2D eigenvalue weighted by atomic mass is 16.2. The van der Waals surface area contributed by atoms with Crippen LogP contribution < -0.4 is 5.73 Å². The second-order valence-electron chi connectivity index (χ2n) is 5.97. The van der Waals surface area contributed by atoms with Gasteiger partial charge in [0.15, 0.2) is 0 Å². The Morgan fingerprint density at radius 3 is 2.75 bits per heavy atom. The van der Waals surface area contributed by atoms with Crippen molar-refractivity contribution < 1.29 is 4.79 Å². The predicted octanol–water partition coefficient (Wildman–Crippen LogP) is 2.07. The smallest absolute Gasteiger partial charge is 0.253 e. The van der Waals surface area contributed by atoms with Crippen molar-refractivity contribution in [2.45, 2.75) is 20.3 Å². The second-order valence-corrected chi connectivity index (χ2v) is 5.97. The molecule has 4 nitrogen and oxygen atoms in total. The highest BCUT2D eigenvalue weighted by Crippen LogP contribution is 2.12. The number of nitrogen functional groups attached to an aromatic ring is 1. The average Bonchev–Trinajstić information content (AvgIpc) is 2.63. The van der Waals surface area contributed by atoms with E-state index >= 15 is 0 Å². The van der Waals surface area contributed by atoms with E-state index in [1.165, 1.54) is 0 Å². The zero-order valence-electron chi connectivity index (χ0n) is 12.5. The second kappa shape index (κ2) is 6.75. The Morgan fingerprint density at radius 1 is 1.25 bits per heavy atom. The number of rotatable bonds is 3. The van der Waals surface area contributed by atoms with Crippen LogP contribution in [0.2, 0.25) is 0 Å². The first-order chi connectivity index (χ1) is 9.56. The first kappa shape index (κ1) is 14.9. The lowest BCUT2D eigenvalue weighted by Gasteiger charge is -2.23. The first-order valence-electron chi connectivity index (χ1n) is 7.43. The molecule has 1 saturated heterocycles. The molecule has 0 radical (unpaired) electrons. The third-order valence-electron chi connectivity index (χ3n) is 3.63. The third-order valence-corrected chi connectivity index (χ3v) is 3.63. The fraction of sp³-hybridized carbons (Fsp3) is 0.562. The Morgan fingerprint density at radius 2 is 2.05 bits per heavy atom. The minimum absolute atomic E-state index is 0.101. The van der Waals surface area contributed by atoms with Gasteiger partial charge in [0.05, 0.1) is 0 Å². The van der Waals surface area contributed by atoms with Gasteiger partial charge in [0.25, 0.3) is 5.91 Å². The summed E-state index contributed by atoms with van der Waals surface area (Å²) < 4.78 is 0. The Hall–Kier alpha value is -1.55. The van der Waals surface area contributed by atoms with Crippen LogP contribution in [0.1, 0.15) is 30.6 Å². The maximum absolute atomic E-state index is 12.5. The first-order valence-corrected chi connectivity index (χ1v) is 7.43. The molecule has 1 aliphatic heterocycles. The number of benzene rings is 1. The van der Waals surface area contributed by atoms with E-state index in [-0.39, 0.29) is 5.91 Å². The van der Waals surface area contributed by atoms with Gasteiger partial charge in [-0.2, -0.15) is 0 Å². The number of anilines is 1. The van der Waals surface area contributed by atoms with Crippen molar-refractivity contribution in [3.63, 3.8) is 0 Å². The molecule has 1 heterocycles. The summed E-state index contributed by atoms with van der Waals surface area (Å²) in [4.78, 5) is 16.9. The van der Waals surface area contributed by atoms with Crippen LogP contribution in [-0.2, 0) is 0 Å². The van der Waals surface area contributed by atoms with E-state index in [2.05, 4.69) is 18.7 Å². The molecule has 0 saturated carbocycles. The lowest BCUT2D eigenvalue weighted by molar-refractivity contribution is 0.0761. The average molecular weight is 275 g/mol. The monoisotopic (exact) mass is 275 g/mol. The Labute approximate surface area is 121 Å². The SMILES string of the molecule is CC(C)CN1CCCN(C(=O)c2cccc(N)c2)CC1. The van der Waals surface area contributed by atoms with Gasteiger partial charge in [0.1, 0.15) is 0 Å². The molecule has 4 heteroatoms. The highest BCUT2D eigenvalue weighted by molar-refractivity contribution is 5.95. The number of carbonyl (C=O) groups is 1. The van der Waals surface area contributed by atoms with E-state index in [4.69, 9.17) is 5.73 Å². The Balaban J connectivity index is 1.98. The zero-order chi connectivity index (χ0) is 14.5. The van der Waals surface area contributed by atoms with E-state index in [0.717, 1.165) is 39.1 Å². The maximum atomic E-state index is 12.5. The van der Waals surface area contributed by atoms with Gasteiger partial charge in [0.2, 0.25) is 0 Å². The molecule has 1 aliphatic rings. The molecule has 2 N–H and O–H groups in total. The van der Waals surface area contributed by atoms with Crippen LogP contribution in [0.4, 0.5) is 5.69 Å². The third kappa shape index (κ3) is 3.97. The van der Waals surface area contributed by atoms with Crippen LogP contribution in [0.15, 0.2) is 24.3 Å². The molecule has 0 atom stereocenters. The summed E-state index contributed by atoms with van der Waals surface area (Å²) in [6, 6.07) is 7.25. The molecule has 0 unspecified atom stereocenters. The summed E-state index contributed by atoms with van der Waals surface area (Å²) >= 11 is 0. The normalized spacial score (nSPS) is 17.2. The van der Waals surface area contributed by atoms with Crippen LogP contribution in [0.5, 0.6) is 0 Å². The number of nitrogens with two attached hydrogens (primary N) is 1. The van der Waals surface area contributed by atoms with Crippen LogP contribution in [0.25, 0.3) is 0 Å². The van der Waals surface area contributed by atoms with Gasteiger partial charge >= 0.3 is 0 Å². The number of hydrogen-bond donors (Lipinski definition) is 1. The molecule has 0 aromatic heterocycles. The molecule has 0 aliphatic carbocycles. The molecule has 0 bridgehead atoms.